The molecule has 1 heterocycles. The summed E-state index contributed by atoms with van der Waals surface area (Å²) in [7, 11) is 0. The average molecular weight is 241 g/mol. The second-order valence-electron chi connectivity index (χ2n) is 4.86. The van der Waals surface area contributed by atoms with Crippen molar-refractivity contribution in [3.05, 3.63) is 0 Å². The molecule has 0 amide bonds. The third-order valence-corrected chi connectivity index (χ3v) is 3.47. The normalized spacial score (nSPS) is 18.9. The van der Waals surface area contributed by atoms with Crippen molar-refractivity contribution in [1.29, 1.82) is 0 Å². The second-order valence-corrected chi connectivity index (χ2v) is 4.86. The quantitative estimate of drug-likeness (QED) is 0.507. The molecule has 1 aliphatic heterocycles. The maximum absolute atomic E-state index is 12.0. The molecule has 0 aromatic carbocycles. The summed E-state index contributed by atoms with van der Waals surface area (Å²) in [5, 5.41) is 0. The van der Waals surface area contributed by atoms with Crippen molar-refractivity contribution < 1.29 is 9.53 Å². The Kier molecular flexibility index (Phi) is 7.25. The van der Waals surface area contributed by atoms with Crippen LogP contribution in [0.3, 0.4) is 0 Å². The third-order valence-electron chi connectivity index (χ3n) is 3.47. The molecule has 17 heavy (non-hydrogen) atoms. The number of hydrogen-bond acceptors (Lipinski definition) is 3. The molecule has 100 valence electrons. The van der Waals surface area contributed by atoms with E-state index in [0.29, 0.717) is 6.61 Å². The van der Waals surface area contributed by atoms with E-state index >= 15 is 0 Å². The largest absolute Gasteiger partial charge is 0.465 e. The topological polar surface area (TPSA) is 29.5 Å². The van der Waals surface area contributed by atoms with Gasteiger partial charge in [-0.3, -0.25) is 9.69 Å². The molecule has 0 bridgehead atoms. The summed E-state index contributed by atoms with van der Waals surface area (Å²) in [5.74, 6) is -0.00879. The predicted molar refractivity (Wildman–Crippen MR) is 70.0 cm³/mol. The molecule has 0 saturated carbocycles. The lowest BCUT2D eigenvalue weighted by atomic mass is 10.0. The first-order valence-electron chi connectivity index (χ1n) is 7.20. The Labute approximate surface area is 106 Å². The molecular formula is C14H27NO2. The molecular weight excluding hydrogens is 214 g/mol. The molecule has 3 heteroatoms. The molecule has 1 rings (SSSR count). The molecule has 0 aliphatic carbocycles. The van der Waals surface area contributed by atoms with Crippen molar-refractivity contribution in [2.45, 2.75) is 64.8 Å². The van der Waals surface area contributed by atoms with Crippen molar-refractivity contribution >= 4 is 5.97 Å². The standard InChI is InChI=1S/C14H27NO2/c1-3-5-7-10-13(14(16)17-4-2)15-11-8-6-9-12-15/h13H,3-12H2,1-2H3/t13-/m1/s1. The summed E-state index contributed by atoms with van der Waals surface area (Å²) >= 11 is 0. The fourth-order valence-electron chi connectivity index (χ4n) is 2.51. The van der Waals surface area contributed by atoms with E-state index in [9.17, 15) is 4.79 Å². The maximum Gasteiger partial charge on any atom is 0.323 e. The van der Waals surface area contributed by atoms with Gasteiger partial charge in [-0.1, -0.05) is 32.6 Å². The molecule has 0 aromatic heterocycles. The van der Waals surface area contributed by atoms with Gasteiger partial charge in [0.15, 0.2) is 0 Å². The number of likely N-dealkylation sites (tertiary alicyclic amines) is 1. The molecule has 0 spiro atoms. The number of esters is 1. The minimum absolute atomic E-state index is 0.00879. The molecule has 1 saturated heterocycles. The zero-order valence-corrected chi connectivity index (χ0v) is 11.4. The van der Waals surface area contributed by atoms with Crippen LogP contribution in [0.25, 0.3) is 0 Å². The van der Waals surface area contributed by atoms with Crippen LogP contribution in [-0.4, -0.2) is 36.6 Å². The van der Waals surface area contributed by atoms with E-state index in [1.165, 1.54) is 32.1 Å². The smallest absolute Gasteiger partial charge is 0.323 e. The molecule has 1 aliphatic rings. The second kappa shape index (κ2) is 8.51. The molecule has 0 aromatic rings. The number of ether oxygens (including phenoxy) is 1. The fourth-order valence-corrected chi connectivity index (χ4v) is 2.51. The summed E-state index contributed by atoms with van der Waals surface area (Å²) in [5.41, 5.74) is 0. The number of unbranched alkanes of at least 4 members (excludes halogenated alkanes) is 2. The number of carbonyl (C=O) groups excluding carboxylic acids is 1. The highest BCUT2D eigenvalue weighted by Crippen LogP contribution is 2.17. The summed E-state index contributed by atoms with van der Waals surface area (Å²) in [6.45, 7) is 6.71. The zero-order chi connectivity index (χ0) is 12.5. The van der Waals surface area contributed by atoms with E-state index in [4.69, 9.17) is 4.74 Å². The van der Waals surface area contributed by atoms with Crippen LogP contribution in [0.5, 0.6) is 0 Å². The van der Waals surface area contributed by atoms with Gasteiger partial charge in [0.2, 0.25) is 0 Å². The summed E-state index contributed by atoms with van der Waals surface area (Å²) in [4.78, 5) is 14.3. The maximum atomic E-state index is 12.0. The van der Waals surface area contributed by atoms with Crippen LogP contribution in [0.2, 0.25) is 0 Å². The Balaban J connectivity index is 2.47. The van der Waals surface area contributed by atoms with Crippen molar-refractivity contribution in [2.24, 2.45) is 0 Å². The monoisotopic (exact) mass is 241 g/mol. The van der Waals surface area contributed by atoms with Crippen LogP contribution >= 0.6 is 0 Å². The van der Waals surface area contributed by atoms with Crippen LogP contribution in [-0.2, 0) is 9.53 Å². The Bertz CT molecular complexity index is 212. The number of rotatable bonds is 7. The summed E-state index contributed by atoms with van der Waals surface area (Å²) < 4.78 is 5.21. The van der Waals surface area contributed by atoms with Crippen molar-refractivity contribution in [3.63, 3.8) is 0 Å². The summed E-state index contributed by atoms with van der Waals surface area (Å²) in [6, 6.07) is 0.0156. The van der Waals surface area contributed by atoms with Gasteiger partial charge in [0.1, 0.15) is 6.04 Å². The molecule has 1 fully saturated rings. The highest BCUT2D eigenvalue weighted by atomic mass is 16.5. The fraction of sp³-hybridized carbons (Fsp3) is 0.929. The van der Waals surface area contributed by atoms with Gasteiger partial charge < -0.3 is 4.74 Å². The highest BCUT2D eigenvalue weighted by Gasteiger charge is 2.27. The van der Waals surface area contributed by atoms with Crippen LogP contribution in [0.1, 0.15) is 58.8 Å². The van der Waals surface area contributed by atoms with Crippen molar-refractivity contribution in [2.75, 3.05) is 19.7 Å². The van der Waals surface area contributed by atoms with E-state index in [2.05, 4.69) is 11.8 Å². The molecule has 1 atom stereocenters. The van der Waals surface area contributed by atoms with Crippen LogP contribution in [0.4, 0.5) is 0 Å². The lowest BCUT2D eigenvalue weighted by Gasteiger charge is -2.33. The van der Waals surface area contributed by atoms with Gasteiger partial charge in [-0.05, 0) is 39.3 Å². The molecule has 0 unspecified atom stereocenters. The number of piperidine rings is 1. The van der Waals surface area contributed by atoms with E-state index in [1.54, 1.807) is 0 Å². The number of nitrogens with zero attached hydrogens (tertiary/aromatic N) is 1. The highest BCUT2D eigenvalue weighted by molar-refractivity contribution is 5.75. The van der Waals surface area contributed by atoms with Gasteiger partial charge in [-0.2, -0.15) is 0 Å². The van der Waals surface area contributed by atoms with Gasteiger partial charge in [-0.15, -0.1) is 0 Å². The minimum Gasteiger partial charge on any atom is -0.465 e. The van der Waals surface area contributed by atoms with E-state index in [0.717, 1.165) is 25.9 Å². The van der Waals surface area contributed by atoms with Crippen molar-refractivity contribution in [3.8, 4) is 0 Å². The van der Waals surface area contributed by atoms with E-state index < -0.39 is 0 Å². The molecule has 0 N–H and O–H groups in total. The number of carbonyl (C=O) groups is 1. The Morgan fingerprint density at radius 2 is 1.88 bits per heavy atom. The van der Waals surface area contributed by atoms with Gasteiger partial charge in [-0.25, -0.2) is 0 Å². The number of hydrogen-bond donors (Lipinski definition) is 0. The summed E-state index contributed by atoms with van der Waals surface area (Å²) in [6.07, 6.45) is 8.27. The van der Waals surface area contributed by atoms with E-state index in [-0.39, 0.29) is 12.0 Å². The molecule has 3 nitrogen and oxygen atoms in total. The average Bonchev–Trinajstić information content (AvgIpc) is 2.36. The van der Waals surface area contributed by atoms with Gasteiger partial charge >= 0.3 is 5.97 Å². The first-order valence-corrected chi connectivity index (χ1v) is 7.20. The Morgan fingerprint density at radius 1 is 1.18 bits per heavy atom. The minimum atomic E-state index is -0.00879. The van der Waals surface area contributed by atoms with Gasteiger partial charge in [0, 0.05) is 0 Å². The Hall–Kier alpha value is -0.570. The van der Waals surface area contributed by atoms with Gasteiger partial charge in [0.25, 0.3) is 0 Å². The zero-order valence-electron chi connectivity index (χ0n) is 11.4. The third kappa shape index (κ3) is 5.07. The van der Waals surface area contributed by atoms with Crippen molar-refractivity contribution in [1.82, 2.24) is 4.90 Å². The van der Waals surface area contributed by atoms with Gasteiger partial charge in [0.05, 0.1) is 6.61 Å². The molecule has 0 radical (unpaired) electrons. The predicted octanol–water partition coefficient (Wildman–Crippen LogP) is 2.98. The lowest BCUT2D eigenvalue weighted by molar-refractivity contribution is -0.150. The van der Waals surface area contributed by atoms with Crippen LogP contribution in [0, 0.1) is 0 Å². The van der Waals surface area contributed by atoms with E-state index in [1.807, 2.05) is 6.92 Å². The first kappa shape index (κ1) is 14.5. The SMILES string of the molecule is CCCCC[C@H](C(=O)OCC)N1CCCCC1. The van der Waals surface area contributed by atoms with Crippen LogP contribution < -0.4 is 0 Å². The first-order chi connectivity index (χ1) is 8.29. The van der Waals surface area contributed by atoms with Crippen LogP contribution in [0.15, 0.2) is 0 Å². The lowest BCUT2D eigenvalue weighted by Crippen LogP contribution is -2.44. The Morgan fingerprint density at radius 3 is 2.47 bits per heavy atom.